The first-order valence-corrected chi connectivity index (χ1v) is 6.41. The summed E-state index contributed by atoms with van der Waals surface area (Å²) < 4.78 is 18.0. The van der Waals surface area contributed by atoms with E-state index in [2.05, 4.69) is 20.6 Å². The molecule has 116 valence electrons. The molecule has 0 radical (unpaired) electrons. The normalized spacial score (nSPS) is 10.0. The van der Waals surface area contributed by atoms with Crippen molar-refractivity contribution in [1.82, 2.24) is 9.97 Å². The number of aromatic nitrogens is 2. The number of methoxy groups -OCH3 is 1. The number of urea groups is 1. The Morgan fingerprint density at radius 2 is 2.09 bits per heavy atom. The Hall–Kier alpha value is -2.90. The molecule has 2 amide bonds. The van der Waals surface area contributed by atoms with Crippen LogP contribution in [-0.4, -0.2) is 37.2 Å². The molecule has 0 aliphatic rings. The molecule has 2 aromatic rings. The minimum Gasteiger partial charge on any atom is -0.467 e. The molecule has 0 aliphatic carbocycles. The minimum absolute atomic E-state index is 0.194. The van der Waals surface area contributed by atoms with E-state index in [0.717, 1.165) is 0 Å². The number of nitrogens with zero attached hydrogens (tertiary/aromatic N) is 3. The Balaban J connectivity index is 2.14. The van der Waals surface area contributed by atoms with Gasteiger partial charge < -0.3 is 20.3 Å². The molecule has 8 heteroatoms. The highest BCUT2D eigenvalue weighted by molar-refractivity contribution is 6.01. The van der Waals surface area contributed by atoms with Crippen molar-refractivity contribution >= 4 is 23.2 Å². The standard InChI is InChI=1S/C14H16FN5O2/c1-20(2)12-11(8-16-14(19-12)22-3)18-13(21)17-10-6-4-5-9(15)7-10/h4-8H,1-3H3,(H2,17,18,21). The third-order valence-electron chi connectivity index (χ3n) is 2.68. The van der Waals surface area contributed by atoms with E-state index in [1.165, 1.54) is 31.5 Å². The van der Waals surface area contributed by atoms with Gasteiger partial charge in [-0.2, -0.15) is 4.98 Å². The minimum atomic E-state index is -0.525. The van der Waals surface area contributed by atoms with E-state index in [0.29, 0.717) is 17.2 Å². The number of ether oxygens (including phenoxy) is 1. The van der Waals surface area contributed by atoms with Crippen molar-refractivity contribution in [3.8, 4) is 6.01 Å². The average molecular weight is 305 g/mol. The van der Waals surface area contributed by atoms with Crippen LogP contribution in [0.4, 0.5) is 26.4 Å². The van der Waals surface area contributed by atoms with Gasteiger partial charge in [0.05, 0.1) is 13.3 Å². The van der Waals surface area contributed by atoms with Gasteiger partial charge in [0, 0.05) is 19.8 Å². The Kier molecular flexibility index (Phi) is 4.72. The molecule has 2 N–H and O–H groups in total. The number of anilines is 3. The summed E-state index contributed by atoms with van der Waals surface area (Å²) >= 11 is 0. The third kappa shape index (κ3) is 3.81. The smallest absolute Gasteiger partial charge is 0.323 e. The van der Waals surface area contributed by atoms with Crippen molar-refractivity contribution in [2.24, 2.45) is 0 Å². The van der Waals surface area contributed by atoms with E-state index in [9.17, 15) is 9.18 Å². The van der Waals surface area contributed by atoms with Gasteiger partial charge in [-0.05, 0) is 18.2 Å². The summed E-state index contributed by atoms with van der Waals surface area (Å²) in [6.07, 6.45) is 1.44. The molecule has 0 spiro atoms. The lowest BCUT2D eigenvalue weighted by atomic mass is 10.3. The summed E-state index contributed by atoms with van der Waals surface area (Å²) in [6.45, 7) is 0. The summed E-state index contributed by atoms with van der Waals surface area (Å²) in [6, 6.07) is 5.27. The van der Waals surface area contributed by atoms with Crippen LogP contribution in [0.3, 0.4) is 0 Å². The molecule has 0 saturated heterocycles. The van der Waals surface area contributed by atoms with Crippen molar-refractivity contribution in [3.63, 3.8) is 0 Å². The molecule has 2 rings (SSSR count). The Morgan fingerprint density at radius 3 is 2.73 bits per heavy atom. The lowest BCUT2D eigenvalue weighted by Crippen LogP contribution is -2.22. The number of carbonyl (C=O) groups is 1. The number of rotatable bonds is 4. The van der Waals surface area contributed by atoms with E-state index in [4.69, 9.17) is 4.74 Å². The topological polar surface area (TPSA) is 79.4 Å². The highest BCUT2D eigenvalue weighted by atomic mass is 19.1. The molecule has 0 fully saturated rings. The molecule has 7 nitrogen and oxygen atoms in total. The fourth-order valence-corrected chi connectivity index (χ4v) is 1.74. The fraction of sp³-hybridized carbons (Fsp3) is 0.214. The van der Waals surface area contributed by atoms with Gasteiger partial charge >= 0.3 is 12.0 Å². The maximum atomic E-state index is 13.1. The van der Waals surface area contributed by atoms with E-state index in [1.54, 1.807) is 25.1 Å². The Morgan fingerprint density at radius 1 is 1.32 bits per heavy atom. The molecular formula is C14H16FN5O2. The second kappa shape index (κ2) is 6.70. The van der Waals surface area contributed by atoms with Gasteiger partial charge in [0.25, 0.3) is 0 Å². The SMILES string of the molecule is COc1ncc(NC(=O)Nc2cccc(F)c2)c(N(C)C)n1. The zero-order valence-electron chi connectivity index (χ0n) is 12.4. The molecule has 0 bridgehead atoms. The number of hydrogen-bond acceptors (Lipinski definition) is 5. The lowest BCUT2D eigenvalue weighted by molar-refractivity contribution is 0.262. The number of benzene rings is 1. The average Bonchev–Trinajstić information content (AvgIpc) is 2.47. The summed E-state index contributed by atoms with van der Waals surface area (Å²) in [7, 11) is 5.01. The van der Waals surface area contributed by atoms with Crippen LogP contribution in [0, 0.1) is 5.82 Å². The Bertz CT molecular complexity index is 678. The zero-order valence-corrected chi connectivity index (χ0v) is 12.4. The monoisotopic (exact) mass is 305 g/mol. The molecule has 0 saturated carbocycles. The maximum absolute atomic E-state index is 13.1. The van der Waals surface area contributed by atoms with Gasteiger partial charge in [-0.25, -0.2) is 14.2 Å². The van der Waals surface area contributed by atoms with Crippen molar-refractivity contribution < 1.29 is 13.9 Å². The van der Waals surface area contributed by atoms with Gasteiger partial charge in [-0.15, -0.1) is 0 Å². The second-order valence-corrected chi connectivity index (χ2v) is 4.58. The molecule has 22 heavy (non-hydrogen) atoms. The number of hydrogen-bond donors (Lipinski definition) is 2. The first kappa shape index (κ1) is 15.5. The molecule has 1 aromatic heterocycles. The van der Waals surface area contributed by atoms with Crippen LogP contribution < -0.4 is 20.3 Å². The maximum Gasteiger partial charge on any atom is 0.323 e. The van der Waals surface area contributed by atoms with E-state index in [-0.39, 0.29) is 6.01 Å². The Labute approximate surface area is 127 Å². The number of carbonyl (C=O) groups excluding carboxylic acids is 1. The van der Waals surface area contributed by atoms with Gasteiger partial charge in [0.15, 0.2) is 5.82 Å². The molecule has 0 atom stereocenters. The number of nitrogens with one attached hydrogen (secondary N) is 2. The molecule has 0 unspecified atom stereocenters. The van der Waals surface area contributed by atoms with Crippen molar-refractivity contribution in [2.45, 2.75) is 0 Å². The van der Waals surface area contributed by atoms with Gasteiger partial charge in [0.2, 0.25) is 0 Å². The van der Waals surface area contributed by atoms with Gasteiger partial charge in [-0.1, -0.05) is 6.07 Å². The van der Waals surface area contributed by atoms with Crippen LogP contribution in [0.15, 0.2) is 30.5 Å². The summed E-state index contributed by atoms with van der Waals surface area (Å²) in [4.78, 5) is 21.8. The molecular weight excluding hydrogens is 289 g/mol. The number of halogens is 1. The van der Waals surface area contributed by atoms with Crippen LogP contribution in [0.5, 0.6) is 6.01 Å². The third-order valence-corrected chi connectivity index (χ3v) is 2.68. The largest absolute Gasteiger partial charge is 0.467 e. The van der Waals surface area contributed by atoms with Crippen LogP contribution in [0.25, 0.3) is 0 Å². The van der Waals surface area contributed by atoms with Crippen LogP contribution in [-0.2, 0) is 0 Å². The van der Waals surface area contributed by atoms with Crippen LogP contribution in [0.2, 0.25) is 0 Å². The van der Waals surface area contributed by atoms with E-state index >= 15 is 0 Å². The van der Waals surface area contributed by atoms with E-state index in [1.807, 2.05) is 0 Å². The predicted octanol–water partition coefficient (Wildman–Crippen LogP) is 2.33. The van der Waals surface area contributed by atoms with E-state index < -0.39 is 11.8 Å². The van der Waals surface area contributed by atoms with Crippen molar-refractivity contribution in [2.75, 3.05) is 36.7 Å². The summed E-state index contributed by atoms with van der Waals surface area (Å²) in [5.74, 6) is 0.0563. The quantitative estimate of drug-likeness (QED) is 0.906. The highest BCUT2D eigenvalue weighted by Crippen LogP contribution is 2.23. The predicted molar refractivity (Wildman–Crippen MR) is 82.0 cm³/mol. The van der Waals surface area contributed by atoms with Crippen molar-refractivity contribution in [3.05, 3.63) is 36.3 Å². The molecule has 1 heterocycles. The first-order chi connectivity index (χ1) is 10.5. The van der Waals surface area contributed by atoms with Gasteiger partial charge in [0.1, 0.15) is 11.5 Å². The zero-order chi connectivity index (χ0) is 16.1. The van der Waals surface area contributed by atoms with Crippen molar-refractivity contribution in [1.29, 1.82) is 0 Å². The summed E-state index contributed by atoms with van der Waals surface area (Å²) in [5.41, 5.74) is 0.748. The van der Waals surface area contributed by atoms with Crippen LogP contribution >= 0.6 is 0 Å². The highest BCUT2D eigenvalue weighted by Gasteiger charge is 2.12. The number of amides is 2. The van der Waals surface area contributed by atoms with Gasteiger partial charge in [-0.3, -0.25) is 0 Å². The molecule has 0 aliphatic heterocycles. The fourth-order valence-electron chi connectivity index (χ4n) is 1.74. The molecule has 1 aromatic carbocycles. The van der Waals surface area contributed by atoms with Crippen LogP contribution in [0.1, 0.15) is 0 Å². The second-order valence-electron chi connectivity index (χ2n) is 4.58. The lowest BCUT2D eigenvalue weighted by Gasteiger charge is -2.17. The first-order valence-electron chi connectivity index (χ1n) is 6.41. The summed E-state index contributed by atoms with van der Waals surface area (Å²) in [5, 5.41) is 5.15.